The third kappa shape index (κ3) is 4.38. The first-order valence-electron chi connectivity index (χ1n) is 9.96. The Morgan fingerprint density at radius 2 is 1.93 bits per heavy atom. The fourth-order valence-electron chi connectivity index (χ4n) is 3.61. The molecule has 0 amide bonds. The van der Waals surface area contributed by atoms with Crippen LogP contribution in [0.25, 0.3) is 5.65 Å². The molecule has 1 aliphatic heterocycles. The number of benzene rings is 1. The molecule has 1 aromatic carbocycles. The van der Waals surface area contributed by atoms with E-state index in [1.54, 1.807) is 16.6 Å². The standard InChI is InChI=1S/C21H27FN6O/c1-21(2,3)20-25-24-19-8-7-18(26-28(19)20)23-14-17(27-9-11-29-12-10-27)15-5-4-6-16(22)13-15/h4-8,13,17H,9-12,14H2,1-3H3,(H,23,26). The molecule has 1 fully saturated rings. The lowest BCUT2D eigenvalue weighted by Crippen LogP contribution is -2.41. The van der Waals surface area contributed by atoms with Gasteiger partial charge in [-0.3, -0.25) is 4.90 Å². The second-order valence-electron chi connectivity index (χ2n) is 8.36. The molecular formula is C21H27FN6O. The number of rotatable bonds is 5. The molecule has 29 heavy (non-hydrogen) atoms. The average molecular weight is 398 g/mol. The summed E-state index contributed by atoms with van der Waals surface area (Å²) in [5.41, 5.74) is 1.50. The van der Waals surface area contributed by atoms with E-state index in [0.717, 1.165) is 35.9 Å². The van der Waals surface area contributed by atoms with Crippen LogP contribution in [0.15, 0.2) is 36.4 Å². The Bertz CT molecular complexity index is 977. The molecule has 0 radical (unpaired) electrons. The summed E-state index contributed by atoms with van der Waals surface area (Å²) in [4.78, 5) is 2.32. The van der Waals surface area contributed by atoms with Crippen molar-refractivity contribution in [1.82, 2.24) is 24.7 Å². The van der Waals surface area contributed by atoms with Gasteiger partial charge in [-0.15, -0.1) is 15.3 Å². The second kappa shape index (κ2) is 8.04. The zero-order chi connectivity index (χ0) is 20.4. The number of fused-ring (bicyclic) bond motifs is 1. The van der Waals surface area contributed by atoms with Gasteiger partial charge in [-0.1, -0.05) is 32.9 Å². The summed E-state index contributed by atoms with van der Waals surface area (Å²) in [5, 5.41) is 16.6. The van der Waals surface area contributed by atoms with Gasteiger partial charge in [0.15, 0.2) is 11.5 Å². The highest BCUT2D eigenvalue weighted by Crippen LogP contribution is 2.24. The van der Waals surface area contributed by atoms with Crippen molar-refractivity contribution in [3.63, 3.8) is 0 Å². The second-order valence-corrected chi connectivity index (χ2v) is 8.36. The van der Waals surface area contributed by atoms with Crippen LogP contribution in [0.5, 0.6) is 0 Å². The fourth-order valence-corrected chi connectivity index (χ4v) is 3.61. The minimum atomic E-state index is -0.223. The molecule has 2 aromatic heterocycles. The summed E-state index contributed by atoms with van der Waals surface area (Å²) in [7, 11) is 0. The molecular weight excluding hydrogens is 371 g/mol. The highest BCUT2D eigenvalue weighted by Gasteiger charge is 2.24. The van der Waals surface area contributed by atoms with Crippen LogP contribution in [0.1, 0.15) is 38.2 Å². The van der Waals surface area contributed by atoms with Crippen molar-refractivity contribution in [3.8, 4) is 0 Å². The van der Waals surface area contributed by atoms with Crippen LogP contribution in [0.2, 0.25) is 0 Å². The molecule has 0 spiro atoms. The summed E-state index contributed by atoms with van der Waals surface area (Å²) in [6.45, 7) is 9.87. The first-order valence-corrected chi connectivity index (χ1v) is 9.96. The van der Waals surface area contributed by atoms with Gasteiger partial charge < -0.3 is 10.1 Å². The van der Waals surface area contributed by atoms with E-state index in [2.05, 4.69) is 41.2 Å². The first kappa shape index (κ1) is 19.7. The number of hydrogen-bond acceptors (Lipinski definition) is 6. The van der Waals surface area contributed by atoms with Crippen molar-refractivity contribution in [2.24, 2.45) is 0 Å². The smallest absolute Gasteiger partial charge is 0.178 e. The van der Waals surface area contributed by atoms with E-state index in [0.29, 0.717) is 19.8 Å². The number of ether oxygens (including phenoxy) is 1. The molecule has 3 aromatic rings. The number of hydrogen-bond donors (Lipinski definition) is 1. The van der Waals surface area contributed by atoms with Gasteiger partial charge in [0.1, 0.15) is 11.6 Å². The van der Waals surface area contributed by atoms with Crippen LogP contribution < -0.4 is 5.32 Å². The van der Waals surface area contributed by atoms with Gasteiger partial charge in [-0.05, 0) is 29.8 Å². The lowest BCUT2D eigenvalue weighted by atomic mass is 9.96. The zero-order valence-corrected chi connectivity index (χ0v) is 17.1. The van der Waals surface area contributed by atoms with Crippen LogP contribution in [0, 0.1) is 5.82 Å². The molecule has 1 unspecified atom stereocenters. The third-order valence-corrected chi connectivity index (χ3v) is 5.13. The van der Waals surface area contributed by atoms with Crippen LogP contribution in [0.3, 0.4) is 0 Å². The quantitative estimate of drug-likeness (QED) is 0.713. The molecule has 3 heterocycles. The maximum absolute atomic E-state index is 13.9. The fraction of sp³-hybridized carbons (Fsp3) is 0.476. The Kier molecular flexibility index (Phi) is 5.47. The Hall–Kier alpha value is -2.58. The lowest BCUT2D eigenvalue weighted by Gasteiger charge is -2.35. The van der Waals surface area contributed by atoms with E-state index in [9.17, 15) is 4.39 Å². The molecule has 1 atom stereocenters. The van der Waals surface area contributed by atoms with E-state index in [1.807, 2.05) is 18.2 Å². The number of nitrogens with zero attached hydrogens (tertiary/aromatic N) is 5. The predicted octanol–water partition coefficient (Wildman–Crippen LogP) is 3.05. The summed E-state index contributed by atoms with van der Waals surface area (Å²) in [6, 6.07) is 10.6. The molecule has 0 bridgehead atoms. The van der Waals surface area contributed by atoms with Gasteiger partial charge in [-0.25, -0.2) is 4.39 Å². The Labute approximate surface area is 169 Å². The Morgan fingerprint density at radius 3 is 2.66 bits per heavy atom. The van der Waals surface area contributed by atoms with Crippen LogP contribution >= 0.6 is 0 Å². The number of morpholine rings is 1. The summed E-state index contributed by atoms with van der Waals surface area (Å²) in [5.74, 6) is 1.32. The monoisotopic (exact) mass is 398 g/mol. The van der Waals surface area contributed by atoms with Crippen LogP contribution in [-0.2, 0) is 10.2 Å². The third-order valence-electron chi connectivity index (χ3n) is 5.13. The summed E-state index contributed by atoms with van der Waals surface area (Å²) < 4.78 is 21.1. The van der Waals surface area contributed by atoms with Gasteiger partial charge in [-0.2, -0.15) is 4.52 Å². The number of anilines is 1. The normalized spacial score (nSPS) is 16.8. The van der Waals surface area contributed by atoms with Gasteiger partial charge in [0, 0.05) is 25.0 Å². The minimum absolute atomic E-state index is 0.0232. The SMILES string of the molecule is CC(C)(C)c1nnc2ccc(NCC(c3cccc(F)c3)N3CCOCC3)nn12. The number of aromatic nitrogens is 4. The van der Waals surface area contributed by atoms with E-state index >= 15 is 0 Å². The summed E-state index contributed by atoms with van der Waals surface area (Å²) in [6.07, 6.45) is 0. The van der Waals surface area contributed by atoms with Gasteiger partial charge in [0.05, 0.1) is 19.3 Å². The molecule has 1 saturated heterocycles. The van der Waals surface area contributed by atoms with Gasteiger partial charge in [0.2, 0.25) is 0 Å². The van der Waals surface area contributed by atoms with Crippen molar-refractivity contribution >= 4 is 11.5 Å². The van der Waals surface area contributed by atoms with E-state index in [4.69, 9.17) is 9.84 Å². The highest BCUT2D eigenvalue weighted by molar-refractivity contribution is 5.44. The maximum Gasteiger partial charge on any atom is 0.178 e. The van der Waals surface area contributed by atoms with Crippen molar-refractivity contribution in [1.29, 1.82) is 0 Å². The number of halogens is 1. The van der Waals surface area contributed by atoms with Crippen molar-refractivity contribution in [2.45, 2.75) is 32.2 Å². The Morgan fingerprint density at radius 1 is 1.14 bits per heavy atom. The van der Waals surface area contributed by atoms with E-state index < -0.39 is 0 Å². The van der Waals surface area contributed by atoms with Crippen molar-refractivity contribution in [3.05, 3.63) is 53.6 Å². The maximum atomic E-state index is 13.9. The first-order chi connectivity index (χ1) is 13.9. The summed E-state index contributed by atoms with van der Waals surface area (Å²) >= 11 is 0. The van der Waals surface area contributed by atoms with Crippen molar-refractivity contribution < 1.29 is 9.13 Å². The lowest BCUT2D eigenvalue weighted by molar-refractivity contribution is 0.0186. The predicted molar refractivity (Wildman–Crippen MR) is 110 cm³/mol. The highest BCUT2D eigenvalue weighted by atomic mass is 19.1. The van der Waals surface area contributed by atoms with E-state index in [-0.39, 0.29) is 17.3 Å². The van der Waals surface area contributed by atoms with Gasteiger partial charge >= 0.3 is 0 Å². The van der Waals surface area contributed by atoms with Gasteiger partial charge in [0.25, 0.3) is 0 Å². The molecule has 1 aliphatic rings. The minimum Gasteiger partial charge on any atom is -0.379 e. The zero-order valence-electron chi connectivity index (χ0n) is 17.1. The molecule has 0 saturated carbocycles. The van der Waals surface area contributed by atoms with E-state index in [1.165, 1.54) is 6.07 Å². The Balaban J connectivity index is 1.58. The largest absolute Gasteiger partial charge is 0.379 e. The number of nitrogens with one attached hydrogen (secondary N) is 1. The molecule has 0 aliphatic carbocycles. The topological polar surface area (TPSA) is 67.6 Å². The van der Waals surface area contributed by atoms with Crippen molar-refractivity contribution in [2.75, 3.05) is 38.2 Å². The average Bonchev–Trinajstić information content (AvgIpc) is 3.13. The molecule has 1 N–H and O–H groups in total. The van der Waals surface area contributed by atoms with Crippen LogP contribution in [-0.4, -0.2) is 57.6 Å². The van der Waals surface area contributed by atoms with Crippen LogP contribution in [0.4, 0.5) is 10.2 Å². The molecule has 8 heteroatoms. The molecule has 154 valence electrons. The molecule has 4 rings (SSSR count). The molecule has 7 nitrogen and oxygen atoms in total.